The first-order valence-corrected chi connectivity index (χ1v) is 6.89. The minimum absolute atomic E-state index is 0.0403. The third-order valence-electron chi connectivity index (χ3n) is 2.97. The Morgan fingerprint density at radius 1 is 1.29 bits per heavy atom. The van der Waals surface area contributed by atoms with Crippen molar-refractivity contribution in [3.05, 3.63) is 29.8 Å². The average molecular weight is 290 g/mol. The molecule has 0 radical (unpaired) electrons. The molecular weight excluding hydrogens is 272 g/mol. The van der Waals surface area contributed by atoms with Gasteiger partial charge in [0.2, 0.25) is 5.91 Å². The van der Waals surface area contributed by atoms with Crippen molar-refractivity contribution in [2.75, 3.05) is 13.2 Å². The van der Waals surface area contributed by atoms with Crippen LogP contribution in [0.2, 0.25) is 0 Å². The van der Waals surface area contributed by atoms with E-state index < -0.39 is 0 Å². The van der Waals surface area contributed by atoms with E-state index in [4.69, 9.17) is 9.47 Å². The van der Waals surface area contributed by atoms with Crippen LogP contribution >= 0.6 is 0 Å². The quantitative estimate of drug-likeness (QED) is 0.804. The SMILES string of the molecule is CCOC(=O)COc1ccc(CC2=NNC(=O)CC2)cc1. The molecule has 6 nitrogen and oxygen atoms in total. The highest BCUT2D eigenvalue weighted by Gasteiger charge is 2.11. The van der Waals surface area contributed by atoms with E-state index >= 15 is 0 Å². The topological polar surface area (TPSA) is 77.0 Å². The Bertz CT molecular complexity index is 537. The Morgan fingerprint density at radius 2 is 2.05 bits per heavy atom. The fraction of sp³-hybridized carbons (Fsp3) is 0.400. The van der Waals surface area contributed by atoms with Crippen molar-refractivity contribution in [2.24, 2.45) is 5.10 Å². The molecule has 6 heteroatoms. The van der Waals surface area contributed by atoms with Gasteiger partial charge in [-0.2, -0.15) is 5.10 Å². The van der Waals surface area contributed by atoms with Crippen LogP contribution in [0.25, 0.3) is 0 Å². The zero-order valence-electron chi connectivity index (χ0n) is 11.9. The van der Waals surface area contributed by atoms with Crippen LogP contribution < -0.4 is 10.2 Å². The highest BCUT2D eigenvalue weighted by Crippen LogP contribution is 2.14. The predicted molar refractivity (Wildman–Crippen MR) is 77.1 cm³/mol. The summed E-state index contributed by atoms with van der Waals surface area (Å²) in [5.41, 5.74) is 4.51. The van der Waals surface area contributed by atoms with Crippen LogP contribution in [0, 0.1) is 0 Å². The Hall–Kier alpha value is -2.37. The molecule has 1 aliphatic rings. The van der Waals surface area contributed by atoms with Gasteiger partial charge in [-0.05, 0) is 31.0 Å². The van der Waals surface area contributed by atoms with Crippen LogP contribution in [0.3, 0.4) is 0 Å². The van der Waals surface area contributed by atoms with Gasteiger partial charge in [-0.3, -0.25) is 4.79 Å². The van der Waals surface area contributed by atoms with Crippen LogP contribution in [0.4, 0.5) is 0 Å². The predicted octanol–water partition coefficient (Wildman–Crippen LogP) is 1.44. The molecule has 0 saturated carbocycles. The maximum absolute atomic E-state index is 11.2. The monoisotopic (exact) mass is 290 g/mol. The molecule has 1 aromatic rings. The second-order valence-electron chi connectivity index (χ2n) is 4.63. The van der Waals surface area contributed by atoms with Crippen LogP contribution in [0.1, 0.15) is 25.3 Å². The average Bonchev–Trinajstić information content (AvgIpc) is 2.49. The van der Waals surface area contributed by atoms with Crippen LogP contribution in [0.15, 0.2) is 29.4 Å². The van der Waals surface area contributed by atoms with Gasteiger partial charge in [0.15, 0.2) is 6.61 Å². The lowest BCUT2D eigenvalue weighted by molar-refractivity contribution is -0.145. The number of hydrogen-bond donors (Lipinski definition) is 1. The molecule has 1 N–H and O–H groups in total. The molecule has 0 saturated heterocycles. The second-order valence-corrected chi connectivity index (χ2v) is 4.63. The molecule has 0 aliphatic carbocycles. The molecule has 1 aliphatic heterocycles. The highest BCUT2D eigenvalue weighted by molar-refractivity contribution is 5.93. The third-order valence-corrected chi connectivity index (χ3v) is 2.97. The van der Waals surface area contributed by atoms with E-state index in [0.717, 1.165) is 11.3 Å². The molecule has 21 heavy (non-hydrogen) atoms. The number of benzene rings is 1. The summed E-state index contributed by atoms with van der Waals surface area (Å²) in [6.45, 7) is 2.01. The van der Waals surface area contributed by atoms with Gasteiger partial charge in [-0.1, -0.05) is 12.1 Å². The number of esters is 1. The maximum atomic E-state index is 11.2. The van der Waals surface area contributed by atoms with E-state index in [0.29, 0.717) is 31.6 Å². The van der Waals surface area contributed by atoms with Crippen molar-refractivity contribution in [1.29, 1.82) is 0 Å². The van der Waals surface area contributed by atoms with Gasteiger partial charge >= 0.3 is 5.97 Å². The first-order valence-electron chi connectivity index (χ1n) is 6.89. The molecule has 112 valence electrons. The number of ether oxygens (including phenoxy) is 2. The van der Waals surface area contributed by atoms with Crippen molar-refractivity contribution in [3.8, 4) is 5.75 Å². The molecule has 0 unspecified atom stereocenters. The summed E-state index contributed by atoms with van der Waals surface area (Å²) in [5.74, 6) is 0.195. The van der Waals surface area contributed by atoms with Crippen molar-refractivity contribution in [2.45, 2.75) is 26.2 Å². The normalized spacial score (nSPS) is 14.1. The number of hydrazone groups is 1. The maximum Gasteiger partial charge on any atom is 0.344 e. The fourth-order valence-electron chi connectivity index (χ4n) is 1.92. The molecule has 1 aromatic carbocycles. The minimum Gasteiger partial charge on any atom is -0.482 e. The lowest BCUT2D eigenvalue weighted by Gasteiger charge is -2.12. The Morgan fingerprint density at radius 3 is 2.67 bits per heavy atom. The number of nitrogens with zero attached hydrogens (tertiary/aromatic N) is 1. The van der Waals surface area contributed by atoms with Gasteiger partial charge in [-0.25, -0.2) is 10.2 Å². The second kappa shape index (κ2) is 7.42. The van der Waals surface area contributed by atoms with Crippen LogP contribution in [-0.4, -0.2) is 30.8 Å². The molecule has 2 rings (SSSR count). The largest absolute Gasteiger partial charge is 0.482 e. The van der Waals surface area contributed by atoms with Gasteiger partial charge < -0.3 is 9.47 Å². The lowest BCUT2D eigenvalue weighted by atomic mass is 10.0. The first kappa shape index (κ1) is 15.0. The highest BCUT2D eigenvalue weighted by atomic mass is 16.6. The third kappa shape index (κ3) is 4.91. The van der Waals surface area contributed by atoms with Crippen molar-refractivity contribution >= 4 is 17.6 Å². The van der Waals surface area contributed by atoms with Crippen molar-refractivity contribution < 1.29 is 19.1 Å². The summed E-state index contributed by atoms with van der Waals surface area (Å²) in [7, 11) is 0. The van der Waals surface area contributed by atoms with Crippen LogP contribution in [0.5, 0.6) is 5.75 Å². The summed E-state index contributed by atoms with van der Waals surface area (Å²) in [6.07, 6.45) is 1.87. The van der Waals surface area contributed by atoms with E-state index in [9.17, 15) is 9.59 Å². The van der Waals surface area contributed by atoms with Gasteiger partial charge in [-0.15, -0.1) is 0 Å². The molecule has 0 spiro atoms. The Balaban J connectivity index is 1.84. The van der Waals surface area contributed by atoms with E-state index in [-0.39, 0.29) is 18.5 Å². The van der Waals surface area contributed by atoms with Crippen molar-refractivity contribution in [1.82, 2.24) is 5.43 Å². The molecule has 1 heterocycles. The number of carbonyl (C=O) groups is 2. The van der Waals surface area contributed by atoms with E-state index in [1.54, 1.807) is 19.1 Å². The molecule has 1 amide bonds. The standard InChI is InChI=1S/C15H18N2O4/c1-2-20-15(19)10-21-13-6-3-11(4-7-13)9-12-5-8-14(18)17-16-12/h3-4,6-7H,2,5,8-10H2,1H3,(H,17,18). The van der Waals surface area contributed by atoms with Crippen molar-refractivity contribution in [3.63, 3.8) is 0 Å². The fourth-order valence-corrected chi connectivity index (χ4v) is 1.92. The number of rotatable bonds is 6. The minimum atomic E-state index is -0.381. The summed E-state index contributed by atoms with van der Waals surface area (Å²) in [5, 5.41) is 4.03. The molecule has 0 atom stereocenters. The Labute approximate surface area is 123 Å². The van der Waals surface area contributed by atoms with Gasteiger partial charge in [0.25, 0.3) is 0 Å². The first-order chi connectivity index (χ1) is 10.2. The number of carbonyl (C=O) groups excluding carboxylic acids is 2. The Kier molecular flexibility index (Phi) is 5.31. The van der Waals surface area contributed by atoms with Gasteiger partial charge in [0, 0.05) is 18.6 Å². The zero-order valence-corrected chi connectivity index (χ0v) is 11.9. The van der Waals surface area contributed by atoms with E-state index in [1.165, 1.54) is 0 Å². The lowest BCUT2D eigenvalue weighted by Crippen LogP contribution is -2.26. The number of hydrogen-bond acceptors (Lipinski definition) is 5. The molecule has 0 fully saturated rings. The molecular formula is C15H18N2O4. The smallest absolute Gasteiger partial charge is 0.344 e. The summed E-state index contributed by atoms with van der Waals surface area (Å²) >= 11 is 0. The summed E-state index contributed by atoms with van der Waals surface area (Å²) in [4.78, 5) is 22.2. The van der Waals surface area contributed by atoms with Gasteiger partial charge in [0.05, 0.1) is 6.61 Å². The zero-order chi connectivity index (χ0) is 15.1. The number of amides is 1. The van der Waals surface area contributed by atoms with E-state index in [1.807, 2.05) is 12.1 Å². The number of nitrogens with one attached hydrogen (secondary N) is 1. The summed E-state index contributed by atoms with van der Waals surface area (Å²) < 4.78 is 10.1. The molecule has 0 bridgehead atoms. The molecule has 0 aromatic heterocycles. The van der Waals surface area contributed by atoms with Crippen LogP contribution in [-0.2, 0) is 20.7 Å². The van der Waals surface area contributed by atoms with Gasteiger partial charge in [0.1, 0.15) is 5.75 Å². The van der Waals surface area contributed by atoms with E-state index in [2.05, 4.69) is 10.5 Å². The summed E-state index contributed by atoms with van der Waals surface area (Å²) in [6, 6.07) is 7.44.